The zero-order valence-corrected chi connectivity index (χ0v) is 32.7. The monoisotopic (exact) mass is 778 g/mol. The quantitative estimate of drug-likeness (QED) is 0.164. The number of ketones is 1. The molecule has 6 unspecified atom stereocenters. The van der Waals surface area contributed by atoms with Crippen molar-refractivity contribution in [2.75, 3.05) is 27.2 Å². The van der Waals surface area contributed by atoms with E-state index >= 15 is 0 Å². The number of alkyl halides is 2. The zero-order valence-electron chi connectivity index (χ0n) is 31.2. The highest BCUT2D eigenvalue weighted by Gasteiger charge is 2.74. The van der Waals surface area contributed by atoms with E-state index in [0.717, 1.165) is 19.3 Å². The lowest BCUT2D eigenvalue weighted by Gasteiger charge is -2.36. The molecule has 3 fully saturated rings. The Bertz CT molecular complexity index is 1540. The summed E-state index contributed by atoms with van der Waals surface area (Å²) in [6.45, 7) is 6.39. The van der Waals surface area contributed by atoms with Crippen LogP contribution in [-0.4, -0.2) is 106 Å². The number of hydrogen-bond acceptors (Lipinski definition) is 8. The van der Waals surface area contributed by atoms with E-state index in [-0.39, 0.29) is 18.9 Å². The lowest BCUT2D eigenvalue weighted by molar-refractivity contribution is -0.144. The van der Waals surface area contributed by atoms with Crippen LogP contribution in [0.3, 0.4) is 0 Å². The Labute approximate surface area is 320 Å². The Morgan fingerprint density at radius 2 is 1.60 bits per heavy atom. The van der Waals surface area contributed by atoms with Crippen molar-refractivity contribution in [3.63, 3.8) is 0 Å². The highest BCUT2D eigenvalue weighted by molar-refractivity contribution is 6.51. The molecular formula is C37H52Cl2N6O8. The van der Waals surface area contributed by atoms with Gasteiger partial charge in [0.25, 0.3) is 5.91 Å². The minimum Gasteiger partial charge on any atom is -0.444 e. The van der Waals surface area contributed by atoms with Gasteiger partial charge in [0.1, 0.15) is 28.1 Å². The fourth-order valence-corrected chi connectivity index (χ4v) is 8.05. The van der Waals surface area contributed by atoms with Crippen molar-refractivity contribution >= 4 is 64.6 Å². The number of likely N-dealkylation sites (N-methyl/N-ethyl adjacent to an activating group) is 1. The molecule has 6 atom stereocenters. The van der Waals surface area contributed by atoms with Crippen LogP contribution in [-0.2, 0) is 33.5 Å². The maximum absolute atomic E-state index is 14.3. The molecule has 1 aromatic carbocycles. The molecule has 1 aromatic rings. The Hall–Kier alpha value is -3.91. The number of amides is 6. The number of fused-ring (bicyclic) bond motifs is 1. The third-order valence-corrected chi connectivity index (χ3v) is 11.0. The molecule has 0 bridgehead atoms. The van der Waals surface area contributed by atoms with E-state index in [4.69, 9.17) is 27.9 Å². The molecule has 14 nitrogen and oxygen atoms in total. The third-order valence-electron chi connectivity index (χ3n) is 9.91. The van der Waals surface area contributed by atoms with Crippen LogP contribution < -0.4 is 21.3 Å². The fourth-order valence-electron chi connectivity index (χ4n) is 7.22. The molecule has 6 amide bonds. The second kappa shape index (κ2) is 17.5. The highest BCUT2D eigenvalue weighted by atomic mass is 35.5. The number of carbonyl (C=O) groups is 7. The van der Waals surface area contributed by atoms with Gasteiger partial charge in [-0.2, -0.15) is 0 Å². The summed E-state index contributed by atoms with van der Waals surface area (Å²) in [6, 6.07) is 4.15. The minimum absolute atomic E-state index is 0.0656. The number of halogens is 2. The Morgan fingerprint density at radius 3 is 2.19 bits per heavy atom. The summed E-state index contributed by atoms with van der Waals surface area (Å²) in [5.41, 5.74) is -0.264. The van der Waals surface area contributed by atoms with E-state index < -0.39 is 93.9 Å². The first kappa shape index (κ1) is 41.8. The van der Waals surface area contributed by atoms with Gasteiger partial charge in [-0.1, -0.05) is 62.9 Å². The van der Waals surface area contributed by atoms with Crippen molar-refractivity contribution in [2.45, 2.75) is 107 Å². The van der Waals surface area contributed by atoms with Gasteiger partial charge in [-0.15, -0.1) is 23.2 Å². The number of nitrogens with zero attached hydrogens (tertiary/aromatic N) is 2. The van der Waals surface area contributed by atoms with E-state index in [2.05, 4.69) is 21.3 Å². The molecule has 0 spiro atoms. The van der Waals surface area contributed by atoms with Crippen LogP contribution in [0.5, 0.6) is 0 Å². The SMILES string of the molecule is CCCC(NC(=O)C1C2C(CN1C(=O)C(NC(=O)OC(C)(C)C)C1CCCCC1)C2(Cl)Cl)C(=O)C(=O)NCC(=O)NC(C(=O)N(C)C)c1ccccc1. The van der Waals surface area contributed by atoms with Crippen LogP contribution in [0.1, 0.15) is 84.2 Å². The van der Waals surface area contributed by atoms with E-state index in [1.165, 1.54) is 9.80 Å². The standard InChI is InChI=1S/C37H52Cl2N6O8/c1-7-14-24(30(47)32(49)40-19-25(46)42-27(33(50)44(5)6)21-15-10-8-11-16-21)41-31(48)29-26-23(37(26,38)39)20-45(29)34(51)28(22-17-12-9-13-18-22)43-35(52)53-36(2,3)4/h8,10-11,15-16,22-24,26-29H,7,9,12-14,17-20H2,1-6H3,(H,40,49)(H,41,48)(H,42,46)(H,43,52). The van der Waals surface area contributed by atoms with Crippen molar-refractivity contribution < 1.29 is 38.3 Å². The number of likely N-dealkylation sites (tertiary alicyclic amines) is 1. The molecular weight excluding hydrogens is 727 g/mol. The van der Waals surface area contributed by atoms with Gasteiger partial charge < -0.3 is 35.8 Å². The zero-order chi connectivity index (χ0) is 39.2. The van der Waals surface area contributed by atoms with E-state index in [0.29, 0.717) is 24.8 Å². The van der Waals surface area contributed by atoms with Crippen LogP contribution in [0.25, 0.3) is 0 Å². The molecule has 16 heteroatoms. The first-order valence-electron chi connectivity index (χ1n) is 18.2. The minimum atomic E-state index is -1.29. The number of piperidine rings is 1. The molecule has 292 valence electrons. The number of carbonyl (C=O) groups excluding carboxylic acids is 7. The second-order valence-corrected chi connectivity index (χ2v) is 16.7. The Kier molecular flexibility index (Phi) is 13.8. The van der Waals surface area contributed by atoms with Gasteiger partial charge in [-0.05, 0) is 51.5 Å². The summed E-state index contributed by atoms with van der Waals surface area (Å²) in [7, 11) is 3.10. The predicted octanol–water partition coefficient (Wildman–Crippen LogP) is 3.01. The van der Waals surface area contributed by atoms with Crippen molar-refractivity contribution in [1.29, 1.82) is 0 Å². The lowest BCUT2D eigenvalue weighted by Crippen LogP contribution is -2.60. The second-order valence-electron chi connectivity index (χ2n) is 15.3. The van der Waals surface area contributed by atoms with Crippen LogP contribution in [0.4, 0.5) is 4.79 Å². The molecule has 3 aliphatic rings. The normalized spacial score (nSPS) is 22.3. The largest absolute Gasteiger partial charge is 0.444 e. The third kappa shape index (κ3) is 10.4. The van der Waals surface area contributed by atoms with Crippen molar-refractivity contribution in [3.8, 4) is 0 Å². The summed E-state index contributed by atoms with van der Waals surface area (Å²) in [4.78, 5) is 96.0. The molecule has 4 N–H and O–H groups in total. The van der Waals surface area contributed by atoms with Crippen LogP contribution in [0, 0.1) is 17.8 Å². The van der Waals surface area contributed by atoms with Crippen LogP contribution in [0.15, 0.2) is 30.3 Å². The van der Waals surface area contributed by atoms with Gasteiger partial charge in [0.05, 0.1) is 12.6 Å². The van der Waals surface area contributed by atoms with Gasteiger partial charge in [-0.25, -0.2) is 4.79 Å². The van der Waals surface area contributed by atoms with Crippen molar-refractivity contribution in [3.05, 3.63) is 35.9 Å². The number of Topliss-reactive ketones (excluding diaryl/α,β-unsaturated/α-hetero) is 1. The van der Waals surface area contributed by atoms with Crippen LogP contribution in [0.2, 0.25) is 0 Å². The molecule has 0 radical (unpaired) electrons. The average Bonchev–Trinajstić information content (AvgIpc) is 3.41. The molecule has 0 aromatic heterocycles. The molecule has 1 heterocycles. The maximum atomic E-state index is 14.3. The van der Waals surface area contributed by atoms with Gasteiger partial charge in [-0.3, -0.25) is 28.8 Å². The average molecular weight is 780 g/mol. The molecule has 53 heavy (non-hydrogen) atoms. The van der Waals surface area contributed by atoms with Gasteiger partial charge >= 0.3 is 6.09 Å². The fraction of sp³-hybridized carbons (Fsp3) is 0.649. The first-order valence-corrected chi connectivity index (χ1v) is 19.0. The van der Waals surface area contributed by atoms with E-state index in [1.54, 1.807) is 72.1 Å². The van der Waals surface area contributed by atoms with E-state index in [1.807, 2.05) is 0 Å². The first-order chi connectivity index (χ1) is 24.9. The number of rotatable bonds is 14. The van der Waals surface area contributed by atoms with Gasteiger partial charge in [0.15, 0.2) is 0 Å². The summed E-state index contributed by atoms with van der Waals surface area (Å²) in [5, 5.41) is 10.3. The van der Waals surface area contributed by atoms with Crippen molar-refractivity contribution in [2.24, 2.45) is 17.8 Å². The molecule has 1 saturated heterocycles. The number of hydrogen-bond donors (Lipinski definition) is 4. The summed E-state index contributed by atoms with van der Waals surface area (Å²) < 4.78 is 4.19. The number of alkyl carbamates (subject to hydrolysis) is 1. The van der Waals surface area contributed by atoms with Crippen molar-refractivity contribution in [1.82, 2.24) is 31.1 Å². The van der Waals surface area contributed by atoms with Crippen LogP contribution >= 0.6 is 23.2 Å². The van der Waals surface area contributed by atoms with E-state index in [9.17, 15) is 33.6 Å². The summed E-state index contributed by atoms with van der Waals surface area (Å²) >= 11 is 13.1. The summed E-state index contributed by atoms with van der Waals surface area (Å²) in [5.74, 6) is -5.61. The summed E-state index contributed by atoms with van der Waals surface area (Å²) in [6.07, 6.45) is 3.95. The van der Waals surface area contributed by atoms with Gasteiger partial charge in [0.2, 0.25) is 29.4 Å². The molecule has 2 aliphatic carbocycles. The topological polar surface area (TPSA) is 183 Å². The molecule has 1 aliphatic heterocycles. The highest BCUT2D eigenvalue weighted by Crippen LogP contribution is 2.65. The predicted molar refractivity (Wildman–Crippen MR) is 198 cm³/mol. The Balaban J connectivity index is 1.45. The number of benzene rings is 1. The number of ether oxygens (including phenoxy) is 1. The molecule has 4 rings (SSSR count). The molecule has 2 saturated carbocycles. The van der Waals surface area contributed by atoms with Gasteiger partial charge in [0, 0.05) is 32.5 Å². The number of nitrogens with one attached hydrogen (secondary N) is 4. The lowest BCUT2D eigenvalue weighted by atomic mass is 9.83. The smallest absolute Gasteiger partial charge is 0.408 e. The Morgan fingerprint density at radius 1 is 0.962 bits per heavy atom. The maximum Gasteiger partial charge on any atom is 0.408 e.